The van der Waals surface area contributed by atoms with Crippen LogP contribution >= 0.6 is 0 Å². The first-order chi connectivity index (χ1) is 23.6. The van der Waals surface area contributed by atoms with Crippen LogP contribution in [0, 0.1) is 5.41 Å². The number of carbonyl (C=O) groups excluding carboxylic acids is 2. The molecule has 1 aliphatic carbocycles. The number of hydrogen-bond acceptors (Lipinski definition) is 4. The Labute approximate surface area is 297 Å². The average Bonchev–Trinajstić information content (AvgIpc) is 3.07. The molecule has 4 aromatic rings. The maximum Gasteiger partial charge on any atom is 0.266 e. The van der Waals surface area contributed by atoms with Crippen molar-refractivity contribution < 1.29 is 22.6 Å². The fourth-order valence-electron chi connectivity index (χ4n) is 6.19. The summed E-state index contributed by atoms with van der Waals surface area (Å²) in [7, 11) is -4.17. The van der Waals surface area contributed by atoms with Crippen molar-refractivity contribution in [1.82, 2.24) is 5.32 Å². The van der Waals surface area contributed by atoms with Crippen molar-refractivity contribution in [3.63, 3.8) is 0 Å². The first-order valence-corrected chi connectivity index (χ1v) is 18.8. The Morgan fingerprint density at radius 1 is 0.820 bits per heavy atom. The third-order valence-electron chi connectivity index (χ3n) is 9.51. The Morgan fingerprint density at radius 2 is 1.40 bits per heavy atom. The highest BCUT2D eigenvalue weighted by molar-refractivity contribution is 7.85. The lowest BCUT2D eigenvalue weighted by Gasteiger charge is -2.28. The van der Waals surface area contributed by atoms with Gasteiger partial charge in [0.05, 0.1) is 11.7 Å². The average molecular weight is 693 g/mol. The molecule has 0 radical (unpaired) electrons. The van der Waals surface area contributed by atoms with Gasteiger partial charge in [0, 0.05) is 17.8 Å². The molecule has 1 atom stereocenters. The molecule has 8 heteroatoms. The van der Waals surface area contributed by atoms with Gasteiger partial charge in [0.25, 0.3) is 16.0 Å². The second kappa shape index (κ2) is 15.2. The van der Waals surface area contributed by atoms with E-state index < -0.39 is 27.7 Å². The van der Waals surface area contributed by atoms with Crippen molar-refractivity contribution in [3.05, 3.63) is 131 Å². The molecule has 0 spiro atoms. The summed E-state index contributed by atoms with van der Waals surface area (Å²) in [5.74, 6) is -1.65. The van der Waals surface area contributed by atoms with Crippen LogP contribution in [0.1, 0.15) is 92.4 Å². The number of amides is 2. The van der Waals surface area contributed by atoms with E-state index in [0.29, 0.717) is 17.4 Å². The highest BCUT2D eigenvalue weighted by atomic mass is 32.2. The molecule has 3 N–H and O–H groups in total. The first kappa shape index (κ1) is 36.7. The minimum atomic E-state index is -4.17. The quantitative estimate of drug-likeness (QED) is 0.136. The van der Waals surface area contributed by atoms with Crippen molar-refractivity contribution in [3.8, 4) is 11.1 Å². The zero-order valence-corrected chi connectivity index (χ0v) is 30.4. The van der Waals surface area contributed by atoms with Crippen molar-refractivity contribution in [2.24, 2.45) is 5.41 Å². The zero-order valence-electron chi connectivity index (χ0n) is 29.6. The number of carbonyl (C=O) groups is 2. The van der Waals surface area contributed by atoms with Gasteiger partial charge in [0.1, 0.15) is 0 Å². The summed E-state index contributed by atoms with van der Waals surface area (Å²) >= 11 is 0. The molecule has 0 saturated carbocycles. The SMILES string of the molecule is CC1(C)CC=C(c2ccc(NC(=O)[C@@H](Cc3ccc(C(=O)NCCS(=O)(=O)O)cc3)c3ccc(-c4ccc(C(C)(C)C)cc4)cc3)cc2)CC1. The Morgan fingerprint density at radius 3 is 1.94 bits per heavy atom. The van der Waals surface area contributed by atoms with Crippen molar-refractivity contribution in [1.29, 1.82) is 0 Å². The predicted molar refractivity (Wildman–Crippen MR) is 203 cm³/mol. The molecule has 2 amide bonds. The van der Waals surface area contributed by atoms with Crippen LogP contribution in [0.15, 0.2) is 103 Å². The fourth-order valence-corrected chi connectivity index (χ4v) is 6.55. The normalized spacial score (nSPS) is 15.1. The van der Waals surface area contributed by atoms with Gasteiger partial charge in [-0.2, -0.15) is 8.42 Å². The van der Waals surface area contributed by atoms with E-state index in [4.69, 9.17) is 4.55 Å². The maximum atomic E-state index is 14.0. The summed E-state index contributed by atoms with van der Waals surface area (Å²) < 4.78 is 30.9. The first-order valence-electron chi connectivity index (χ1n) is 17.2. The number of allylic oxidation sites excluding steroid dienone is 2. The number of rotatable bonds is 11. The predicted octanol–water partition coefficient (Wildman–Crippen LogP) is 8.83. The Balaban J connectivity index is 1.35. The summed E-state index contributed by atoms with van der Waals surface area (Å²) in [5, 5.41) is 5.64. The molecule has 0 heterocycles. The van der Waals surface area contributed by atoms with Crippen LogP contribution < -0.4 is 10.6 Å². The Bertz CT molecular complexity index is 1940. The lowest BCUT2D eigenvalue weighted by Crippen LogP contribution is -2.28. The second-order valence-corrected chi connectivity index (χ2v) is 16.7. The van der Waals surface area contributed by atoms with E-state index in [9.17, 15) is 18.0 Å². The number of hydrogen-bond donors (Lipinski definition) is 3. The molecule has 0 bridgehead atoms. The van der Waals surface area contributed by atoms with Crippen molar-refractivity contribution in [2.75, 3.05) is 17.6 Å². The number of nitrogens with one attached hydrogen (secondary N) is 2. The lowest BCUT2D eigenvalue weighted by molar-refractivity contribution is -0.117. The minimum Gasteiger partial charge on any atom is -0.351 e. The van der Waals surface area contributed by atoms with E-state index in [1.807, 2.05) is 24.3 Å². The molecule has 5 rings (SSSR count). The largest absolute Gasteiger partial charge is 0.351 e. The van der Waals surface area contributed by atoms with Crippen LogP contribution in [0.5, 0.6) is 0 Å². The molecule has 50 heavy (non-hydrogen) atoms. The standard InChI is InChI=1S/C42H48N2O5S/c1-41(2,3)36-18-14-31(15-19-36)30-10-12-34(13-11-30)38(28-29-6-8-35(9-7-29)39(45)43-26-27-50(47,48)49)40(46)44-37-20-16-32(17-21-37)33-22-24-42(4,5)25-23-33/h6-22,38H,23-28H2,1-5H3,(H,43,45)(H,44,46)(H,47,48,49)/t38-/m0/s1. The van der Waals surface area contributed by atoms with Crippen LogP contribution in [0.4, 0.5) is 5.69 Å². The highest BCUT2D eigenvalue weighted by Gasteiger charge is 2.24. The van der Waals surface area contributed by atoms with Gasteiger partial charge in [0.2, 0.25) is 5.91 Å². The van der Waals surface area contributed by atoms with Gasteiger partial charge in [-0.15, -0.1) is 0 Å². The summed E-state index contributed by atoms with van der Waals surface area (Å²) in [4.78, 5) is 26.5. The highest BCUT2D eigenvalue weighted by Crippen LogP contribution is 2.38. The molecular formula is C42H48N2O5S. The summed E-state index contributed by atoms with van der Waals surface area (Å²) in [5.41, 5.74) is 9.19. The molecule has 0 aliphatic heterocycles. The summed E-state index contributed by atoms with van der Waals surface area (Å²) in [6, 6.07) is 31.7. The van der Waals surface area contributed by atoms with Gasteiger partial charge in [-0.05, 0) is 99.7 Å². The second-order valence-electron chi connectivity index (χ2n) is 15.1. The Kier molecular flexibility index (Phi) is 11.1. The molecule has 4 aromatic carbocycles. The maximum absolute atomic E-state index is 14.0. The topological polar surface area (TPSA) is 113 Å². The summed E-state index contributed by atoms with van der Waals surface area (Å²) in [6.45, 7) is 11.0. The minimum absolute atomic E-state index is 0.0682. The molecule has 262 valence electrons. The molecular weight excluding hydrogens is 645 g/mol. The van der Waals surface area contributed by atoms with Crippen LogP contribution in [0.25, 0.3) is 16.7 Å². The fraction of sp³-hybridized carbons (Fsp3) is 0.333. The number of benzene rings is 4. The molecule has 0 saturated heterocycles. The molecule has 7 nitrogen and oxygen atoms in total. The molecule has 1 aliphatic rings. The Hall–Kier alpha value is -4.53. The lowest BCUT2D eigenvalue weighted by atomic mass is 9.77. The molecule has 0 fully saturated rings. The third kappa shape index (κ3) is 10.0. The third-order valence-corrected chi connectivity index (χ3v) is 10.2. The monoisotopic (exact) mass is 692 g/mol. The van der Waals surface area contributed by atoms with E-state index in [1.54, 1.807) is 24.3 Å². The smallest absolute Gasteiger partial charge is 0.266 e. The van der Waals surface area contributed by atoms with Crippen molar-refractivity contribution in [2.45, 2.75) is 71.6 Å². The molecule has 0 unspecified atom stereocenters. The van der Waals surface area contributed by atoms with E-state index >= 15 is 0 Å². The van der Waals surface area contributed by atoms with E-state index in [-0.39, 0.29) is 17.9 Å². The molecule has 0 aromatic heterocycles. The van der Waals surface area contributed by atoms with Crippen LogP contribution in [0.3, 0.4) is 0 Å². The van der Waals surface area contributed by atoms with E-state index in [1.165, 1.54) is 16.7 Å². The van der Waals surface area contributed by atoms with E-state index in [2.05, 4.69) is 99.9 Å². The van der Waals surface area contributed by atoms with Gasteiger partial charge >= 0.3 is 0 Å². The van der Waals surface area contributed by atoms with E-state index in [0.717, 1.165) is 47.2 Å². The van der Waals surface area contributed by atoms with Gasteiger partial charge in [-0.25, -0.2) is 0 Å². The zero-order chi connectivity index (χ0) is 36.1. The summed E-state index contributed by atoms with van der Waals surface area (Å²) in [6.07, 6.45) is 5.99. The van der Waals surface area contributed by atoms with Crippen LogP contribution in [-0.4, -0.2) is 37.1 Å². The van der Waals surface area contributed by atoms with Crippen molar-refractivity contribution >= 4 is 33.2 Å². The van der Waals surface area contributed by atoms with Crippen LogP contribution in [-0.2, 0) is 26.7 Å². The van der Waals surface area contributed by atoms with Crippen LogP contribution in [0.2, 0.25) is 0 Å². The number of anilines is 1. The van der Waals surface area contributed by atoms with Gasteiger partial charge in [0.15, 0.2) is 0 Å². The van der Waals surface area contributed by atoms with Gasteiger partial charge in [-0.3, -0.25) is 14.1 Å². The van der Waals surface area contributed by atoms with Gasteiger partial charge < -0.3 is 10.6 Å². The van der Waals surface area contributed by atoms with Gasteiger partial charge in [-0.1, -0.05) is 113 Å².